The lowest BCUT2D eigenvalue weighted by atomic mass is 10.2. The third-order valence-electron chi connectivity index (χ3n) is 2.99. The van der Waals surface area contributed by atoms with Crippen molar-refractivity contribution in [2.24, 2.45) is 0 Å². The fourth-order valence-electron chi connectivity index (χ4n) is 1.95. The van der Waals surface area contributed by atoms with E-state index in [1.54, 1.807) is 18.2 Å². The second kappa shape index (κ2) is 4.93. The molecule has 0 bridgehead atoms. The van der Waals surface area contributed by atoms with Gasteiger partial charge < -0.3 is 4.40 Å². The molecule has 0 aliphatic heterocycles. The van der Waals surface area contributed by atoms with Crippen LogP contribution in [0.15, 0.2) is 42.7 Å². The van der Waals surface area contributed by atoms with Crippen LogP contribution in [0.25, 0.3) is 16.9 Å². The van der Waals surface area contributed by atoms with Gasteiger partial charge in [-0.3, -0.25) is 0 Å². The summed E-state index contributed by atoms with van der Waals surface area (Å²) in [6.07, 6.45) is -1.87. The number of alkyl halides is 3. The van der Waals surface area contributed by atoms with Gasteiger partial charge in [0.15, 0.2) is 0 Å². The molecular weight excluding hydrogens is 324 g/mol. The van der Waals surface area contributed by atoms with Gasteiger partial charge >= 0.3 is 6.18 Å². The van der Waals surface area contributed by atoms with Gasteiger partial charge in [0.05, 0.1) is 21.3 Å². The van der Waals surface area contributed by atoms with Crippen LogP contribution < -0.4 is 0 Å². The van der Waals surface area contributed by atoms with E-state index in [0.29, 0.717) is 26.9 Å². The van der Waals surface area contributed by atoms with Gasteiger partial charge in [-0.15, -0.1) is 0 Å². The van der Waals surface area contributed by atoms with Gasteiger partial charge in [0, 0.05) is 18.0 Å². The Morgan fingerprint density at radius 2 is 1.71 bits per heavy atom. The van der Waals surface area contributed by atoms with Crippen LogP contribution in [-0.2, 0) is 6.18 Å². The van der Waals surface area contributed by atoms with Crippen molar-refractivity contribution in [3.05, 3.63) is 58.3 Å². The van der Waals surface area contributed by atoms with Crippen molar-refractivity contribution in [2.75, 3.05) is 0 Å². The van der Waals surface area contributed by atoms with Crippen LogP contribution in [-0.4, -0.2) is 9.38 Å². The Morgan fingerprint density at radius 1 is 0.952 bits per heavy atom. The van der Waals surface area contributed by atoms with E-state index in [2.05, 4.69) is 4.98 Å². The molecule has 2 heterocycles. The Bertz CT molecular complexity index is 825. The minimum absolute atomic E-state index is 0.363. The first-order valence-electron chi connectivity index (χ1n) is 5.86. The molecule has 0 spiro atoms. The third-order valence-corrected chi connectivity index (χ3v) is 3.73. The molecule has 0 N–H and O–H groups in total. The van der Waals surface area contributed by atoms with Crippen molar-refractivity contribution in [3.8, 4) is 11.3 Å². The van der Waals surface area contributed by atoms with E-state index in [-0.39, 0.29) is 0 Å². The minimum Gasteiger partial charge on any atom is -0.306 e. The van der Waals surface area contributed by atoms with Gasteiger partial charge in [-0.1, -0.05) is 29.3 Å². The van der Waals surface area contributed by atoms with E-state index in [1.165, 1.54) is 16.7 Å². The highest BCUT2D eigenvalue weighted by atomic mass is 35.5. The van der Waals surface area contributed by atoms with E-state index in [0.717, 1.165) is 12.3 Å². The monoisotopic (exact) mass is 330 g/mol. The van der Waals surface area contributed by atoms with E-state index in [4.69, 9.17) is 23.2 Å². The SMILES string of the molecule is FC(F)(F)c1ccc2nc(-c3ccc(Cl)c(Cl)c3)cn2c1. The summed E-state index contributed by atoms with van der Waals surface area (Å²) >= 11 is 11.8. The van der Waals surface area contributed by atoms with Gasteiger partial charge in [-0.25, -0.2) is 4.98 Å². The van der Waals surface area contributed by atoms with Crippen LogP contribution in [0.5, 0.6) is 0 Å². The van der Waals surface area contributed by atoms with Crippen molar-refractivity contribution < 1.29 is 13.2 Å². The molecule has 0 aliphatic carbocycles. The topological polar surface area (TPSA) is 17.3 Å². The number of fused-ring (bicyclic) bond motifs is 1. The molecule has 0 atom stereocenters. The summed E-state index contributed by atoms with van der Waals surface area (Å²) in [6.45, 7) is 0. The van der Waals surface area contributed by atoms with Gasteiger partial charge in [-0.05, 0) is 24.3 Å². The second-order valence-electron chi connectivity index (χ2n) is 4.44. The first kappa shape index (κ1) is 14.2. The summed E-state index contributed by atoms with van der Waals surface area (Å²) < 4.78 is 39.4. The average molecular weight is 331 g/mol. The molecule has 2 aromatic heterocycles. The second-order valence-corrected chi connectivity index (χ2v) is 5.25. The van der Waals surface area contributed by atoms with Crippen LogP contribution in [0.2, 0.25) is 10.0 Å². The number of hydrogen-bond acceptors (Lipinski definition) is 1. The Morgan fingerprint density at radius 3 is 2.38 bits per heavy atom. The van der Waals surface area contributed by atoms with Gasteiger partial charge in [-0.2, -0.15) is 13.2 Å². The first-order valence-corrected chi connectivity index (χ1v) is 6.61. The van der Waals surface area contributed by atoms with Crippen LogP contribution in [0.1, 0.15) is 5.56 Å². The van der Waals surface area contributed by atoms with Crippen molar-refractivity contribution in [1.29, 1.82) is 0 Å². The normalized spacial score (nSPS) is 12.0. The number of pyridine rings is 1. The summed E-state index contributed by atoms with van der Waals surface area (Å²) in [5, 5.41) is 0.769. The smallest absolute Gasteiger partial charge is 0.306 e. The number of hydrogen-bond donors (Lipinski definition) is 0. The molecule has 1 aromatic carbocycles. The van der Waals surface area contributed by atoms with Crippen molar-refractivity contribution in [2.45, 2.75) is 6.18 Å². The van der Waals surface area contributed by atoms with E-state index < -0.39 is 11.7 Å². The highest BCUT2D eigenvalue weighted by molar-refractivity contribution is 6.42. The van der Waals surface area contributed by atoms with E-state index in [1.807, 2.05) is 0 Å². The molecule has 0 saturated heterocycles. The lowest BCUT2D eigenvalue weighted by molar-refractivity contribution is -0.137. The van der Waals surface area contributed by atoms with Crippen LogP contribution >= 0.6 is 23.2 Å². The summed E-state index contributed by atoms with van der Waals surface area (Å²) in [5.41, 5.74) is 0.895. The fourth-order valence-corrected chi connectivity index (χ4v) is 2.25. The zero-order valence-corrected chi connectivity index (χ0v) is 11.8. The maximum Gasteiger partial charge on any atom is 0.417 e. The molecule has 0 fully saturated rings. The maximum absolute atomic E-state index is 12.7. The standard InChI is InChI=1S/C14H7Cl2F3N2/c15-10-3-1-8(5-11(10)16)12-7-21-6-9(14(17,18)19)2-4-13(21)20-12/h1-7H. The summed E-state index contributed by atoms with van der Waals surface area (Å²) in [7, 11) is 0. The molecule has 21 heavy (non-hydrogen) atoms. The van der Waals surface area contributed by atoms with Crippen LogP contribution in [0.3, 0.4) is 0 Å². The Balaban J connectivity index is 2.10. The number of imidazole rings is 1. The highest BCUT2D eigenvalue weighted by Gasteiger charge is 2.30. The molecule has 3 rings (SSSR count). The molecule has 2 nitrogen and oxygen atoms in total. The maximum atomic E-state index is 12.7. The summed E-state index contributed by atoms with van der Waals surface area (Å²) in [4.78, 5) is 4.27. The van der Waals surface area contributed by atoms with Crippen molar-refractivity contribution >= 4 is 28.8 Å². The third kappa shape index (κ3) is 2.71. The zero-order valence-electron chi connectivity index (χ0n) is 10.3. The van der Waals surface area contributed by atoms with Crippen LogP contribution in [0.4, 0.5) is 13.2 Å². The Kier molecular flexibility index (Phi) is 3.34. The first-order chi connectivity index (χ1) is 9.84. The summed E-state index contributed by atoms with van der Waals surface area (Å²) in [6, 6.07) is 7.27. The van der Waals surface area contributed by atoms with E-state index in [9.17, 15) is 13.2 Å². The van der Waals surface area contributed by atoms with Crippen molar-refractivity contribution in [1.82, 2.24) is 9.38 Å². The highest BCUT2D eigenvalue weighted by Crippen LogP contribution is 2.31. The predicted molar refractivity (Wildman–Crippen MR) is 75.7 cm³/mol. The molecular formula is C14H7Cl2F3N2. The molecule has 3 aromatic rings. The predicted octanol–water partition coefficient (Wildman–Crippen LogP) is 5.33. The van der Waals surface area contributed by atoms with Crippen LogP contribution in [0, 0.1) is 0 Å². The minimum atomic E-state index is -4.39. The fraction of sp³-hybridized carbons (Fsp3) is 0.0714. The lowest BCUT2D eigenvalue weighted by Crippen LogP contribution is -2.05. The largest absolute Gasteiger partial charge is 0.417 e. The lowest BCUT2D eigenvalue weighted by Gasteiger charge is -2.05. The molecule has 0 amide bonds. The molecule has 0 aliphatic rings. The molecule has 108 valence electrons. The quantitative estimate of drug-likeness (QED) is 0.589. The number of rotatable bonds is 1. The van der Waals surface area contributed by atoms with Gasteiger partial charge in [0.1, 0.15) is 5.65 Å². The number of halogens is 5. The molecule has 0 radical (unpaired) electrons. The number of aromatic nitrogens is 2. The number of nitrogens with zero attached hydrogens (tertiary/aromatic N) is 2. The summed E-state index contributed by atoms with van der Waals surface area (Å²) in [5.74, 6) is 0. The average Bonchev–Trinajstić information content (AvgIpc) is 2.83. The number of benzene rings is 1. The molecule has 0 unspecified atom stereocenters. The van der Waals surface area contributed by atoms with Gasteiger partial charge in [0.25, 0.3) is 0 Å². The van der Waals surface area contributed by atoms with Gasteiger partial charge in [0.2, 0.25) is 0 Å². The Labute approximate surface area is 127 Å². The van der Waals surface area contributed by atoms with E-state index >= 15 is 0 Å². The zero-order chi connectivity index (χ0) is 15.2. The Hall–Kier alpha value is -1.72. The molecule has 0 saturated carbocycles. The molecule has 7 heteroatoms. The van der Waals surface area contributed by atoms with Crippen molar-refractivity contribution in [3.63, 3.8) is 0 Å².